The van der Waals surface area contributed by atoms with Gasteiger partial charge in [0.25, 0.3) is 0 Å². The van der Waals surface area contributed by atoms with Gasteiger partial charge in [0.2, 0.25) is 0 Å². The quantitative estimate of drug-likeness (QED) is 0.634. The highest BCUT2D eigenvalue weighted by Gasteiger charge is 2.08. The average molecular weight is 175 g/mol. The summed E-state index contributed by atoms with van der Waals surface area (Å²) in [5.41, 5.74) is 0. The fraction of sp³-hybridized carbons (Fsp3) is 0.857. The number of nitriles is 1. The fourth-order valence-electron chi connectivity index (χ4n) is 0.526. The first-order valence-corrected chi connectivity index (χ1v) is 4.59. The molecule has 0 spiro atoms. The molecule has 0 aliphatic carbocycles. The summed E-state index contributed by atoms with van der Waals surface area (Å²) in [4.78, 5) is 0. The minimum absolute atomic E-state index is 0.0591. The van der Waals surface area contributed by atoms with Gasteiger partial charge in [-0.25, -0.2) is 0 Å². The van der Waals surface area contributed by atoms with Gasteiger partial charge in [-0.1, -0.05) is 6.92 Å². The van der Waals surface area contributed by atoms with Crippen LogP contribution in [-0.4, -0.2) is 33.9 Å². The zero-order valence-electron chi connectivity index (χ0n) is 6.53. The Morgan fingerprint density at radius 3 is 2.64 bits per heavy atom. The van der Waals surface area contributed by atoms with Crippen molar-refractivity contribution in [3.63, 3.8) is 0 Å². The standard InChI is InChI=1S/C7H13NO2S/c1-2-7(3-8)11-5-6(10)4-9/h6-7,9-10H,2,4-5H2,1H3. The molecule has 0 rings (SSSR count). The Kier molecular flexibility index (Phi) is 6.33. The van der Waals surface area contributed by atoms with Crippen LogP contribution in [-0.2, 0) is 0 Å². The Labute approximate surface area is 71.0 Å². The maximum absolute atomic E-state index is 8.92. The Morgan fingerprint density at radius 2 is 2.27 bits per heavy atom. The summed E-state index contributed by atoms with van der Waals surface area (Å²) in [5, 5.41) is 25.8. The smallest absolute Gasteiger partial charge is 0.0915 e. The molecule has 64 valence electrons. The van der Waals surface area contributed by atoms with Crippen molar-refractivity contribution in [3.8, 4) is 6.07 Å². The monoisotopic (exact) mass is 175 g/mol. The average Bonchev–Trinajstić information content (AvgIpc) is 2.06. The number of hydrogen-bond acceptors (Lipinski definition) is 4. The number of aliphatic hydroxyl groups is 2. The topological polar surface area (TPSA) is 64.2 Å². The van der Waals surface area contributed by atoms with Crippen LogP contribution in [0.2, 0.25) is 0 Å². The second kappa shape index (κ2) is 6.47. The third-order valence-corrected chi connectivity index (χ3v) is 2.63. The first kappa shape index (κ1) is 10.8. The van der Waals surface area contributed by atoms with E-state index in [0.717, 1.165) is 6.42 Å². The molecule has 0 aliphatic rings. The van der Waals surface area contributed by atoms with E-state index in [9.17, 15) is 0 Å². The minimum Gasteiger partial charge on any atom is -0.394 e. The molecule has 4 heteroatoms. The second-order valence-electron chi connectivity index (χ2n) is 2.20. The van der Waals surface area contributed by atoms with Gasteiger partial charge in [-0.05, 0) is 6.42 Å². The van der Waals surface area contributed by atoms with Gasteiger partial charge >= 0.3 is 0 Å². The van der Waals surface area contributed by atoms with Gasteiger partial charge in [0, 0.05) is 5.75 Å². The number of hydrogen-bond donors (Lipinski definition) is 2. The molecule has 2 N–H and O–H groups in total. The van der Waals surface area contributed by atoms with Gasteiger partial charge in [-0.15, -0.1) is 11.8 Å². The van der Waals surface area contributed by atoms with Crippen LogP contribution < -0.4 is 0 Å². The van der Waals surface area contributed by atoms with Crippen LogP contribution in [0.4, 0.5) is 0 Å². The van der Waals surface area contributed by atoms with Crippen LogP contribution in [0.5, 0.6) is 0 Å². The van der Waals surface area contributed by atoms with Crippen molar-refractivity contribution in [3.05, 3.63) is 0 Å². The maximum atomic E-state index is 8.92. The molecule has 2 unspecified atom stereocenters. The van der Waals surface area contributed by atoms with Gasteiger partial charge < -0.3 is 10.2 Å². The highest BCUT2D eigenvalue weighted by atomic mass is 32.2. The lowest BCUT2D eigenvalue weighted by Crippen LogP contribution is -2.16. The lowest BCUT2D eigenvalue weighted by molar-refractivity contribution is 0.113. The van der Waals surface area contributed by atoms with Crippen LogP contribution >= 0.6 is 11.8 Å². The second-order valence-corrected chi connectivity index (χ2v) is 3.43. The first-order valence-electron chi connectivity index (χ1n) is 3.54. The zero-order chi connectivity index (χ0) is 8.69. The number of thioether (sulfide) groups is 1. The Balaban J connectivity index is 3.44. The van der Waals surface area contributed by atoms with E-state index in [1.807, 2.05) is 6.92 Å². The molecule has 0 aromatic heterocycles. The molecule has 0 saturated heterocycles. The van der Waals surface area contributed by atoms with Crippen molar-refractivity contribution in [2.75, 3.05) is 12.4 Å². The molecular formula is C7H13NO2S. The Morgan fingerprint density at radius 1 is 1.64 bits per heavy atom. The molecule has 0 bridgehead atoms. The van der Waals surface area contributed by atoms with E-state index in [0.29, 0.717) is 5.75 Å². The molecule has 0 radical (unpaired) electrons. The molecule has 0 amide bonds. The Hall–Kier alpha value is -0.240. The summed E-state index contributed by atoms with van der Waals surface area (Å²) in [5.74, 6) is 0.433. The van der Waals surface area contributed by atoms with Crippen molar-refractivity contribution in [1.29, 1.82) is 5.26 Å². The van der Waals surface area contributed by atoms with Gasteiger partial charge in [0.1, 0.15) is 0 Å². The van der Waals surface area contributed by atoms with Gasteiger partial charge in [0.05, 0.1) is 24.0 Å². The molecule has 3 nitrogen and oxygen atoms in total. The lowest BCUT2D eigenvalue weighted by atomic mass is 10.4. The number of rotatable bonds is 5. The summed E-state index contributed by atoms with van der Waals surface area (Å²) < 4.78 is 0. The summed E-state index contributed by atoms with van der Waals surface area (Å²) in [6.45, 7) is 1.70. The van der Waals surface area contributed by atoms with E-state index in [-0.39, 0.29) is 11.9 Å². The van der Waals surface area contributed by atoms with Crippen molar-refractivity contribution < 1.29 is 10.2 Å². The van der Waals surface area contributed by atoms with E-state index in [1.165, 1.54) is 11.8 Å². The summed E-state index contributed by atoms with van der Waals surface area (Å²) in [6.07, 6.45) is 0.0849. The third-order valence-electron chi connectivity index (χ3n) is 1.22. The molecule has 0 aromatic carbocycles. The molecule has 2 atom stereocenters. The van der Waals surface area contributed by atoms with E-state index in [1.54, 1.807) is 0 Å². The summed E-state index contributed by atoms with van der Waals surface area (Å²) in [6, 6.07) is 2.10. The van der Waals surface area contributed by atoms with Crippen molar-refractivity contribution >= 4 is 11.8 Å². The van der Waals surface area contributed by atoms with Crippen molar-refractivity contribution in [2.45, 2.75) is 24.7 Å². The van der Waals surface area contributed by atoms with E-state index in [4.69, 9.17) is 15.5 Å². The van der Waals surface area contributed by atoms with Crippen LogP contribution in [0.15, 0.2) is 0 Å². The highest BCUT2D eigenvalue weighted by Crippen LogP contribution is 2.14. The van der Waals surface area contributed by atoms with Crippen LogP contribution in [0.3, 0.4) is 0 Å². The summed E-state index contributed by atoms with van der Waals surface area (Å²) >= 11 is 1.38. The minimum atomic E-state index is -0.692. The number of aliphatic hydroxyl groups excluding tert-OH is 2. The van der Waals surface area contributed by atoms with E-state index in [2.05, 4.69) is 6.07 Å². The SMILES string of the molecule is CCC(C#N)SCC(O)CO. The molecule has 11 heavy (non-hydrogen) atoms. The van der Waals surface area contributed by atoms with Crippen molar-refractivity contribution in [1.82, 2.24) is 0 Å². The first-order chi connectivity index (χ1) is 5.24. The molecule has 0 heterocycles. The van der Waals surface area contributed by atoms with Gasteiger partial charge in [-0.3, -0.25) is 0 Å². The fourth-order valence-corrected chi connectivity index (χ4v) is 1.40. The van der Waals surface area contributed by atoms with Crippen LogP contribution in [0, 0.1) is 11.3 Å². The Bertz CT molecular complexity index is 135. The van der Waals surface area contributed by atoms with Crippen molar-refractivity contribution in [2.24, 2.45) is 0 Å². The maximum Gasteiger partial charge on any atom is 0.0915 e. The van der Waals surface area contributed by atoms with Crippen LogP contribution in [0.1, 0.15) is 13.3 Å². The molecule has 0 fully saturated rings. The predicted octanol–water partition coefficient (Wildman–Crippen LogP) is 0.375. The normalized spacial score (nSPS) is 15.5. The van der Waals surface area contributed by atoms with Crippen LogP contribution in [0.25, 0.3) is 0 Å². The van der Waals surface area contributed by atoms with E-state index < -0.39 is 6.10 Å². The van der Waals surface area contributed by atoms with E-state index >= 15 is 0 Å². The molecular weight excluding hydrogens is 162 g/mol. The van der Waals surface area contributed by atoms with Gasteiger partial charge in [0.15, 0.2) is 0 Å². The molecule has 0 aromatic rings. The van der Waals surface area contributed by atoms with Gasteiger partial charge in [-0.2, -0.15) is 5.26 Å². The highest BCUT2D eigenvalue weighted by molar-refractivity contribution is 8.00. The summed E-state index contributed by atoms with van der Waals surface area (Å²) in [7, 11) is 0. The number of nitrogens with zero attached hydrogens (tertiary/aromatic N) is 1. The predicted molar refractivity (Wildman–Crippen MR) is 45.2 cm³/mol. The lowest BCUT2D eigenvalue weighted by Gasteiger charge is -2.08. The molecule has 0 saturated carbocycles. The molecule has 0 aliphatic heterocycles. The zero-order valence-corrected chi connectivity index (χ0v) is 7.34. The largest absolute Gasteiger partial charge is 0.394 e. The third kappa shape index (κ3) is 5.08.